The summed E-state index contributed by atoms with van der Waals surface area (Å²) in [5, 5.41) is 43.9. The monoisotopic (exact) mass is 468 g/mol. The molecule has 1 aromatic rings. The second kappa shape index (κ2) is 12.4. The number of aliphatic hydroxyl groups excluding tert-OH is 1. The summed E-state index contributed by atoms with van der Waals surface area (Å²) in [6.45, 7) is 2.48. The van der Waals surface area contributed by atoms with Crippen molar-refractivity contribution >= 4 is 29.7 Å². The van der Waals surface area contributed by atoms with Crippen LogP contribution in [0, 0.1) is 0 Å². The molecule has 33 heavy (non-hydrogen) atoms. The van der Waals surface area contributed by atoms with E-state index in [2.05, 4.69) is 16.0 Å². The van der Waals surface area contributed by atoms with Crippen LogP contribution < -0.4 is 21.7 Å². The summed E-state index contributed by atoms with van der Waals surface area (Å²) in [5.74, 6) is -5.76. The fourth-order valence-electron chi connectivity index (χ4n) is 2.68. The van der Waals surface area contributed by atoms with Crippen molar-refractivity contribution in [1.82, 2.24) is 16.0 Å². The first-order valence-electron chi connectivity index (χ1n) is 9.89. The quantitative estimate of drug-likeness (QED) is 0.163. The predicted molar refractivity (Wildman–Crippen MR) is 113 cm³/mol. The van der Waals surface area contributed by atoms with Gasteiger partial charge in [0, 0.05) is 6.42 Å². The lowest BCUT2D eigenvalue weighted by Gasteiger charge is -2.25. The lowest BCUT2D eigenvalue weighted by atomic mass is 10.0. The van der Waals surface area contributed by atoms with Crippen LogP contribution >= 0.6 is 0 Å². The molecule has 3 amide bonds. The Morgan fingerprint density at radius 2 is 1.39 bits per heavy atom. The molecule has 9 N–H and O–H groups in total. The second-order valence-corrected chi connectivity index (χ2v) is 7.44. The van der Waals surface area contributed by atoms with Crippen molar-refractivity contribution in [3.8, 4) is 5.75 Å². The number of nitrogens with two attached hydrogens (primary N) is 1. The molecule has 5 unspecified atom stereocenters. The van der Waals surface area contributed by atoms with Gasteiger partial charge in [0.2, 0.25) is 17.7 Å². The number of rotatable bonds is 12. The molecule has 0 heterocycles. The highest BCUT2D eigenvalue weighted by Gasteiger charge is 2.32. The Kier molecular flexibility index (Phi) is 10.2. The van der Waals surface area contributed by atoms with Gasteiger partial charge >= 0.3 is 11.9 Å². The van der Waals surface area contributed by atoms with Crippen LogP contribution in [0.1, 0.15) is 25.8 Å². The molecule has 0 aliphatic heterocycles. The van der Waals surface area contributed by atoms with E-state index >= 15 is 0 Å². The van der Waals surface area contributed by atoms with E-state index < -0.39 is 66.4 Å². The van der Waals surface area contributed by atoms with Crippen LogP contribution in [0.15, 0.2) is 24.3 Å². The number of carboxylic acid groups (broad SMARTS) is 2. The van der Waals surface area contributed by atoms with E-state index in [9.17, 15) is 39.3 Å². The van der Waals surface area contributed by atoms with Gasteiger partial charge in [0.15, 0.2) is 6.04 Å². The van der Waals surface area contributed by atoms with E-state index in [4.69, 9.17) is 10.8 Å². The van der Waals surface area contributed by atoms with Gasteiger partial charge in [-0.05, 0) is 31.5 Å². The number of aliphatic carboxylic acids is 2. The molecule has 5 atom stereocenters. The van der Waals surface area contributed by atoms with E-state index in [0.29, 0.717) is 5.56 Å². The van der Waals surface area contributed by atoms with Crippen LogP contribution in [0.4, 0.5) is 0 Å². The van der Waals surface area contributed by atoms with Gasteiger partial charge in [-0.2, -0.15) is 0 Å². The molecule has 182 valence electrons. The number of hydrogen-bond donors (Lipinski definition) is 8. The molecule has 0 saturated carbocycles. The molecule has 0 aliphatic carbocycles. The van der Waals surface area contributed by atoms with Gasteiger partial charge in [0.05, 0.1) is 18.6 Å². The van der Waals surface area contributed by atoms with Crippen LogP contribution in [0.2, 0.25) is 0 Å². The van der Waals surface area contributed by atoms with E-state index in [1.54, 1.807) is 0 Å². The fourth-order valence-corrected chi connectivity index (χ4v) is 2.68. The molecule has 0 spiro atoms. The minimum atomic E-state index is -1.68. The molecule has 0 aliphatic rings. The van der Waals surface area contributed by atoms with Gasteiger partial charge in [-0.25, -0.2) is 4.79 Å². The summed E-state index contributed by atoms with van der Waals surface area (Å²) in [4.78, 5) is 59.8. The highest BCUT2D eigenvalue weighted by Crippen LogP contribution is 2.12. The average Bonchev–Trinajstić information content (AvgIpc) is 2.71. The zero-order valence-corrected chi connectivity index (χ0v) is 18.0. The van der Waals surface area contributed by atoms with Crippen molar-refractivity contribution < 1.29 is 44.4 Å². The Morgan fingerprint density at radius 1 is 0.879 bits per heavy atom. The Morgan fingerprint density at radius 3 is 1.85 bits per heavy atom. The molecule has 1 rings (SSSR count). The van der Waals surface area contributed by atoms with E-state index in [1.807, 2.05) is 0 Å². The number of carboxylic acids is 2. The SMILES string of the molecule is CC(N)C(=O)NC(CC(=O)O)C(=O)NC(Cc1ccc(O)cc1)C(=O)NC(C(=O)O)C(C)O. The van der Waals surface area contributed by atoms with Crippen LogP contribution in [0.3, 0.4) is 0 Å². The summed E-state index contributed by atoms with van der Waals surface area (Å²) >= 11 is 0. The van der Waals surface area contributed by atoms with E-state index in [1.165, 1.54) is 31.2 Å². The summed E-state index contributed by atoms with van der Waals surface area (Å²) in [5.41, 5.74) is 5.90. The van der Waals surface area contributed by atoms with Crippen LogP contribution in [-0.4, -0.2) is 80.4 Å². The van der Waals surface area contributed by atoms with Crippen molar-refractivity contribution in [1.29, 1.82) is 0 Å². The number of aliphatic hydroxyl groups is 1. The highest BCUT2D eigenvalue weighted by molar-refractivity contribution is 5.95. The van der Waals surface area contributed by atoms with Crippen molar-refractivity contribution in [3.05, 3.63) is 29.8 Å². The smallest absolute Gasteiger partial charge is 0.328 e. The number of benzene rings is 1. The van der Waals surface area contributed by atoms with Gasteiger partial charge in [-0.3, -0.25) is 19.2 Å². The zero-order valence-electron chi connectivity index (χ0n) is 18.0. The first-order valence-corrected chi connectivity index (χ1v) is 9.89. The first-order chi connectivity index (χ1) is 15.3. The maximum atomic E-state index is 12.8. The number of carbonyl (C=O) groups excluding carboxylic acids is 3. The van der Waals surface area contributed by atoms with Crippen molar-refractivity contribution in [2.75, 3.05) is 0 Å². The van der Waals surface area contributed by atoms with Crippen LogP contribution in [0.5, 0.6) is 5.75 Å². The molecule has 0 radical (unpaired) electrons. The van der Waals surface area contributed by atoms with Crippen molar-refractivity contribution in [2.45, 2.75) is 57.0 Å². The molecule has 0 aromatic heterocycles. The third kappa shape index (κ3) is 9.13. The fraction of sp³-hybridized carbons (Fsp3) is 0.450. The number of amides is 3. The van der Waals surface area contributed by atoms with Crippen molar-refractivity contribution in [2.24, 2.45) is 5.73 Å². The number of hydrogen-bond acceptors (Lipinski definition) is 8. The average molecular weight is 468 g/mol. The lowest BCUT2D eigenvalue weighted by molar-refractivity contribution is -0.145. The Balaban J connectivity index is 3.16. The molecular weight excluding hydrogens is 440 g/mol. The molecule has 13 nitrogen and oxygen atoms in total. The minimum absolute atomic E-state index is 0.0519. The van der Waals surface area contributed by atoms with E-state index in [0.717, 1.165) is 6.92 Å². The number of phenols is 1. The minimum Gasteiger partial charge on any atom is -0.508 e. The molecule has 13 heteroatoms. The Hall–Kier alpha value is -3.71. The highest BCUT2D eigenvalue weighted by atomic mass is 16.4. The van der Waals surface area contributed by atoms with Gasteiger partial charge in [0.1, 0.15) is 17.8 Å². The predicted octanol–water partition coefficient (Wildman–Crippen LogP) is -2.32. The molecule has 0 saturated heterocycles. The normalized spacial score (nSPS) is 15.3. The molecule has 1 aromatic carbocycles. The number of nitrogens with one attached hydrogen (secondary N) is 3. The third-order valence-electron chi connectivity index (χ3n) is 4.48. The maximum Gasteiger partial charge on any atom is 0.328 e. The molecular formula is C20H28N4O9. The Labute approximate surface area is 189 Å². The standard InChI is InChI=1S/C20H28N4O9/c1-9(21)17(29)22-14(8-15(27)28)18(30)23-13(7-11-3-5-12(26)6-4-11)19(31)24-16(10(2)25)20(32)33/h3-6,9-10,13-14,16,25-26H,7-8,21H2,1-2H3,(H,22,29)(H,23,30)(H,24,31)(H,27,28)(H,32,33). The van der Waals surface area contributed by atoms with Crippen molar-refractivity contribution in [3.63, 3.8) is 0 Å². The summed E-state index contributed by atoms with van der Waals surface area (Å²) in [6.07, 6.45) is -2.43. The summed E-state index contributed by atoms with van der Waals surface area (Å²) < 4.78 is 0. The maximum absolute atomic E-state index is 12.8. The van der Waals surface area contributed by atoms with E-state index in [-0.39, 0.29) is 12.2 Å². The number of aromatic hydroxyl groups is 1. The van der Waals surface area contributed by atoms with Crippen LogP contribution in [-0.2, 0) is 30.4 Å². The van der Waals surface area contributed by atoms with Gasteiger partial charge in [-0.1, -0.05) is 12.1 Å². The second-order valence-electron chi connectivity index (χ2n) is 7.44. The lowest BCUT2D eigenvalue weighted by Crippen LogP contribution is -2.59. The summed E-state index contributed by atoms with van der Waals surface area (Å²) in [7, 11) is 0. The van der Waals surface area contributed by atoms with Crippen LogP contribution in [0.25, 0.3) is 0 Å². The number of phenolic OH excluding ortho intramolecular Hbond substituents is 1. The number of carbonyl (C=O) groups is 5. The molecule has 0 bridgehead atoms. The zero-order chi connectivity index (χ0) is 25.3. The topological polar surface area (TPSA) is 228 Å². The largest absolute Gasteiger partial charge is 0.508 e. The Bertz CT molecular complexity index is 871. The molecule has 0 fully saturated rings. The summed E-state index contributed by atoms with van der Waals surface area (Å²) in [6, 6.07) is -0.114. The van der Waals surface area contributed by atoms with Gasteiger partial charge in [0.25, 0.3) is 0 Å². The third-order valence-corrected chi connectivity index (χ3v) is 4.48. The first kappa shape index (κ1) is 27.3. The van der Waals surface area contributed by atoms with Gasteiger partial charge < -0.3 is 42.1 Å². The van der Waals surface area contributed by atoms with Gasteiger partial charge in [-0.15, -0.1) is 0 Å².